The molecule has 1 aromatic carbocycles. The molecule has 1 aliphatic carbocycles. The zero-order valence-electron chi connectivity index (χ0n) is 11.9. The van der Waals surface area contributed by atoms with E-state index in [0.29, 0.717) is 13.1 Å². The molecule has 22 heavy (non-hydrogen) atoms. The number of nitrogens with one attached hydrogen (secondary N) is 1. The summed E-state index contributed by atoms with van der Waals surface area (Å²) < 4.78 is 26.8. The van der Waals surface area contributed by atoms with Gasteiger partial charge in [0, 0.05) is 30.6 Å². The molecule has 1 saturated heterocycles. The Morgan fingerprint density at radius 1 is 1.27 bits per heavy atom. The van der Waals surface area contributed by atoms with Crippen LogP contribution >= 0.6 is 23.4 Å². The van der Waals surface area contributed by atoms with E-state index in [4.69, 9.17) is 11.6 Å². The van der Waals surface area contributed by atoms with Crippen LogP contribution in [-0.2, 0) is 10.0 Å². The number of halogens is 1. The van der Waals surface area contributed by atoms with Crippen molar-refractivity contribution in [1.82, 2.24) is 9.62 Å². The van der Waals surface area contributed by atoms with Crippen molar-refractivity contribution >= 4 is 39.3 Å². The van der Waals surface area contributed by atoms with Crippen molar-refractivity contribution in [1.29, 1.82) is 0 Å². The highest BCUT2D eigenvalue weighted by Gasteiger charge is 2.29. The first-order valence-electron chi connectivity index (χ1n) is 7.17. The summed E-state index contributed by atoms with van der Waals surface area (Å²) in [5.74, 6) is 1.28. The van der Waals surface area contributed by atoms with E-state index in [-0.39, 0.29) is 27.4 Å². The summed E-state index contributed by atoms with van der Waals surface area (Å²) >= 11 is 7.80. The number of carbonyl (C=O) groups excluding carboxylic acids is 1. The Hall–Kier alpha value is -0.760. The average Bonchev–Trinajstić information content (AvgIpc) is 3.32. The molecule has 0 unspecified atom stereocenters. The fourth-order valence-electron chi connectivity index (χ4n) is 2.27. The first kappa shape index (κ1) is 16.1. The van der Waals surface area contributed by atoms with Gasteiger partial charge in [-0.2, -0.15) is 16.1 Å². The second-order valence-electron chi connectivity index (χ2n) is 5.41. The van der Waals surface area contributed by atoms with Crippen LogP contribution in [0.4, 0.5) is 0 Å². The molecule has 1 amide bonds. The molecule has 5 nitrogen and oxygen atoms in total. The van der Waals surface area contributed by atoms with Crippen LogP contribution in [0.5, 0.6) is 0 Å². The smallest absolute Gasteiger partial charge is 0.253 e. The number of sulfonamides is 1. The van der Waals surface area contributed by atoms with Crippen LogP contribution in [-0.4, -0.2) is 49.3 Å². The second-order valence-corrected chi connectivity index (χ2v) is 8.98. The Morgan fingerprint density at radius 2 is 1.95 bits per heavy atom. The Balaban J connectivity index is 1.88. The summed E-state index contributed by atoms with van der Waals surface area (Å²) in [6.07, 6.45) is 1.93. The molecular formula is C14H17ClN2O3S2. The lowest BCUT2D eigenvalue weighted by molar-refractivity contribution is 0.0951. The quantitative estimate of drug-likeness (QED) is 0.891. The van der Waals surface area contributed by atoms with Crippen molar-refractivity contribution < 1.29 is 13.2 Å². The predicted molar refractivity (Wildman–Crippen MR) is 88.0 cm³/mol. The van der Waals surface area contributed by atoms with Crippen LogP contribution in [0.1, 0.15) is 23.2 Å². The Morgan fingerprint density at radius 3 is 2.59 bits per heavy atom. The summed E-state index contributed by atoms with van der Waals surface area (Å²) in [7, 11) is -3.57. The molecule has 1 N–H and O–H groups in total. The maximum Gasteiger partial charge on any atom is 0.253 e. The standard InChI is InChI=1S/C14H17ClN2O3S2/c15-13-4-3-11(9-12(13)14(18)16-10-1-2-10)22(19,20)17-5-7-21-8-6-17/h3-4,9-10H,1-2,5-8H2,(H,16,18). The highest BCUT2D eigenvalue weighted by molar-refractivity contribution is 7.99. The van der Waals surface area contributed by atoms with E-state index in [1.165, 1.54) is 22.5 Å². The molecule has 0 aromatic heterocycles. The van der Waals surface area contributed by atoms with Crippen molar-refractivity contribution in [3.63, 3.8) is 0 Å². The van der Waals surface area contributed by atoms with E-state index < -0.39 is 10.0 Å². The zero-order valence-corrected chi connectivity index (χ0v) is 14.3. The minimum Gasteiger partial charge on any atom is -0.349 e. The van der Waals surface area contributed by atoms with Gasteiger partial charge >= 0.3 is 0 Å². The largest absolute Gasteiger partial charge is 0.349 e. The molecule has 2 fully saturated rings. The third-order valence-corrected chi connectivity index (χ3v) is 6.87. The third-order valence-electron chi connectivity index (χ3n) is 3.70. The number of thioether (sulfide) groups is 1. The van der Waals surface area contributed by atoms with Crippen LogP contribution < -0.4 is 5.32 Å². The number of nitrogens with zero attached hydrogens (tertiary/aromatic N) is 1. The number of hydrogen-bond donors (Lipinski definition) is 1. The van der Waals surface area contributed by atoms with Gasteiger partial charge in [0.1, 0.15) is 0 Å². The molecule has 1 aromatic rings. The Bertz CT molecular complexity index is 683. The Labute approximate surface area is 139 Å². The zero-order chi connectivity index (χ0) is 15.7. The van der Waals surface area contributed by atoms with Gasteiger partial charge in [0.25, 0.3) is 5.91 Å². The molecule has 3 rings (SSSR count). The molecule has 1 saturated carbocycles. The lowest BCUT2D eigenvalue weighted by Gasteiger charge is -2.25. The number of benzene rings is 1. The molecule has 0 atom stereocenters. The second kappa shape index (κ2) is 6.39. The summed E-state index contributed by atoms with van der Waals surface area (Å²) in [6, 6.07) is 4.53. The number of hydrogen-bond acceptors (Lipinski definition) is 4. The summed E-state index contributed by atoms with van der Waals surface area (Å²) in [6.45, 7) is 0.998. The maximum atomic E-state index is 12.6. The molecule has 8 heteroatoms. The third kappa shape index (κ3) is 3.42. The van der Waals surface area contributed by atoms with Crippen molar-refractivity contribution in [2.24, 2.45) is 0 Å². The van der Waals surface area contributed by atoms with Gasteiger partial charge in [0.15, 0.2) is 0 Å². The molecule has 1 heterocycles. The van der Waals surface area contributed by atoms with E-state index in [0.717, 1.165) is 24.3 Å². The minimum atomic E-state index is -3.57. The van der Waals surface area contributed by atoms with Crippen LogP contribution in [0.25, 0.3) is 0 Å². The van der Waals surface area contributed by atoms with Gasteiger partial charge in [-0.15, -0.1) is 0 Å². The Kier molecular flexibility index (Phi) is 4.68. The van der Waals surface area contributed by atoms with Crippen molar-refractivity contribution in [2.75, 3.05) is 24.6 Å². The van der Waals surface area contributed by atoms with Crippen LogP contribution in [0.15, 0.2) is 23.1 Å². The van der Waals surface area contributed by atoms with Crippen LogP contribution in [0.2, 0.25) is 5.02 Å². The molecule has 0 radical (unpaired) electrons. The van der Waals surface area contributed by atoms with E-state index in [1.807, 2.05) is 0 Å². The highest BCUT2D eigenvalue weighted by atomic mass is 35.5. The SMILES string of the molecule is O=C(NC1CC1)c1cc(S(=O)(=O)N2CCSCC2)ccc1Cl. The number of carbonyl (C=O) groups is 1. The molecule has 0 bridgehead atoms. The maximum absolute atomic E-state index is 12.6. The van der Waals surface area contributed by atoms with Gasteiger partial charge in [-0.3, -0.25) is 4.79 Å². The lowest BCUT2D eigenvalue weighted by atomic mass is 10.2. The molecule has 2 aliphatic rings. The molecular weight excluding hydrogens is 344 g/mol. The van der Waals surface area contributed by atoms with E-state index in [2.05, 4.69) is 5.32 Å². The van der Waals surface area contributed by atoms with Gasteiger partial charge in [0.2, 0.25) is 10.0 Å². The van der Waals surface area contributed by atoms with Crippen LogP contribution in [0.3, 0.4) is 0 Å². The summed E-state index contributed by atoms with van der Waals surface area (Å²) in [4.78, 5) is 12.3. The van der Waals surface area contributed by atoms with Gasteiger partial charge in [-0.25, -0.2) is 8.42 Å². The number of rotatable bonds is 4. The van der Waals surface area contributed by atoms with E-state index in [1.54, 1.807) is 11.8 Å². The van der Waals surface area contributed by atoms with Crippen molar-refractivity contribution in [3.05, 3.63) is 28.8 Å². The fourth-order valence-corrected chi connectivity index (χ4v) is 5.07. The topological polar surface area (TPSA) is 66.5 Å². The van der Waals surface area contributed by atoms with Gasteiger partial charge < -0.3 is 5.32 Å². The molecule has 120 valence electrons. The first-order chi connectivity index (χ1) is 10.5. The van der Waals surface area contributed by atoms with Crippen molar-refractivity contribution in [2.45, 2.75) is 23.8 Å². The molecule has 1 aliphatic heterocycles. The summed E-state index contributed by atoms with van der Waals surface area (Å²) in [5, 5.41) is 3.10. The first-order valence-corrected chi connectivity index (χ1v) is 10.1. The van der Waals surface area contributed by atoms with Crippen molar-refractivity contribution in [3.8, 4) is 0 Å². The fraction of sp³-hybridized carbons (Fsp3) is 0.500. The average molecular weight is 361 g/mol. The predicted octanol–water partition coefficient (Wildman–Crippen LogP) is 1.97. The van der Waals surface area contributed by atoms with Gasteiger partial charge in [-0.1, -0.05) is 11.6 Å². The monoisotopic (exact) mass is 360 g/mol. The van der Waals surface area contributed by atoms with E-state index >= 15 is 0 Å². The summed E-state index contributed by atoms with van der Waals surface area (Å²) in [5.41, 5.74) is 0.223. The van der Waals surface area contributed by atoms with E-state index in [9.17, 15) is 13.2 Å². The van der Waals surface area contributed by atoms with Gasteiger partial charge in [0.05, 0.1) is 15.5 Å². The van der Waals surface area contributed by atoms with Crippen LogP contribution in [0, 0.1) is 0 Å². The lowest BCUT2D eigenvalue weighted by Crippen LogP contribution is -2.38. The highest BCUT2D eigenvalue weighted by Crippen LogP contribution is 2.26. The molecule has 0 spiro atoms. The minimum absolute atomic E-state index is 0.129. The number of amides is 1. The van der Waals surface area contributed by atoms with Gasteiger partial charge in [-0.05, 0) is 31.0 Å². The normalized spacial score (nSPS) is 19.9.